The molecule has 2 aromatic heterocycles. The number of hydrogen-bond donors (Lipinski definition) is 0. The van der Waals surface area contributed by atoms with Gasteiger partial charge in [-0.05, 0) is 38.0 Å². The van der Waals surface area contributed by atoms with Crippen LogP contribution in [-0.4, -0.2) is 14.3 Å². The summed E-state index contributed by atoms with van der Waals surface area (Å²) in [5.41, 5.74) is 0.510. The number of nitrogens with zero attached hydrogens (tertiary/aromatic N) is 3. The number of nitro groups is 1. The van der Waals surface area contributed by atoms with Gasteiger partial charge in [0.2, 0.25) is 5.82 Å². The first kappa shape index (κ1) is 9.14. The van der Waals surface area contributed by atoms with Gasteiger partial charge in [0.25, 0.3) is 0 Å². The summed E-state index contributed by atoms with van der Waals surface area (Å²) in [7, 11) is 0. The van der Waals surface area contributed by atoms with Crippen LogP contribution in [0.15, 0.2) is 22.8 Å². The molecule has 0 N–H and O–H groups in total. The van der Waals surface area contributed by atoms with E-state index in [4.69, 9.17) is 0 Å². The Labute approximate surface area is 87.7 Å². The van der Waals surface area contributed by atoms with E-state index >= 15 is 0 Å². The molecule has 0 unspecified atom stereocenters. The van der Waals surface area contributed by atoms with Crippen LogP contribution in [0.2, 0.25) is 0 Å². The van der Waals surface area contributed by atoms with Gasteiger partial charge in [0.1, 0.15) is 5.52 Å². The van der Waals surface area contributed by atoms with Gasteiger partial charge in [0, 0.05) is 17.6 Å². The SMILES string of the molecule is Cc1nc([N+](=O)[O-])c2ccc(Br)cn12. The third-order valence-corrected chi connectivity index (χ3v) is 2.40. The van der Waals surface area contributed by atoms with Crippen LogP contribution in [0.5, 0.6) is 0 Å². The molecule has 0 atom stereocenters. The Balaban J connectivity index is 2.84. The van der Waals surface area contributed by atoms with Crippen LogP contribution < -0.4 is 0 Å². The number of fused-ring (bicyclic) bond motifs is 1. The van der Waals surface area contributed by atoms with Crippen molar-refractivity contribution in [3.8, 4) is 0 Å². The van der Waals surface area contributed by atoms with Crippen LogP contribution in [-0.2, 0) is 0 Å². The van der Waals surface area contributed by atoms with Gasteiger partial charge in [-0.3, -0.25) is 4.40 Å². The number of pyridine rings is 1. The Morgan fingerprint density at radius 1 is 1.57 bits per heavy atom. The second-order valence-electron chi connectivity index (χ2n) is 2.84. The van der Waals surface area contributed by atoms with E-state index in [1.807, 2.05) is 0 Å². The Hall–Kier alpha value is -1.43. The molecule has 6 heteroatoms. The zero-order valence-electron chi connectivity index (χ0n) is 7.27. The van der Waals surface area contributed by atoms with Gasteiger partial charge in [-0.1, -0.05) is 0 Å². The molecular formula is C8H6BrN3O2. The number of hydrogen-bond acceptors (Lipinski definition) is 3. The highest BCUT2D eigenvalue weighted by Crippen LogP contribution is 2.22. The number of imidazole rings is 1. The Bertz CT molecular complexity index is 521. The fourth-order valence-corrected chi connectivity index (χ4v) is 1.66. The van der Waals surface area contributed by atoms with Crippen LogP contribution in [0.25, 0.3) is 5.52 Å². The minimum Gasteiger partial charge on any atom is -0.358 e. The van der Waals surface area contributed by atoms with Gasteiger partial charge in [-0.2, -0.15) is 0 Å². The smallest absolute Gasteiger partial charge is 0.358 e. The molecule has 0 amide bonds. The van der Waals surface area contributed by atoms with E-state index < -0.39 is 4.92 Å². The van der Waals surface area contributed by atoms with E-state index in [0.29, 0.717) is 11.3 Å². The highest BCUT2D eigenvalue weighted by atomic mass is 79.9. The first-order valence-electron chi connectivity index (χ1n) is 3.88. The Morgan fingerprint density at radius 2 is 2.29 bits per heavy atom. The van der Waals surface area contributed by atoms with E-state index in [0.717, 1.165) is 4.47 Å². The van der Waals surface area contributed by atoms with Gasteiger partial charge in [0.15, 0.2) is 0 Å². The summed E-state index contributed by atoms with van der Waals surface area (Å²) in [6.45, 7) is 1.73. The van der Waals surface area contributed by atoms with Crippen molar-refractivity contribution in [3.63, 3.8) is 0 Å². The largest absolute Gasteiger partial charge is 0.389 e. The summed E-state index contributed by atoms with van der Waals surface area (Å²) < 4.78 is 2.54. The van der Waals surface area contributed by atoms with Crippen LogP contribution in [0.4, 0.5) is 5.82 Å². The molecule has 0 radical (unpaired) electrons. The van der Waals surface area contributed by atoms with Crippen LogP contribution >= 0.6 is 15.9 Å². The normalized spacial score (nSPS) is 10.7. The number of halogens is 1. The fourth-order valence-electron chi connectivity index (χ4n) is 1.32. The maximum Gasteiger partial charge on any atom is 0.389 e. The molecule has 0 aliphatic carbocycles. The van der Waals surface area contributed by atoms with Crippen molar-refractivity contribution in [1.82, 2.24) is 9.38 Å². The van der Waals surface area contributed by atoms with Crippen molar-refractivity contribution in [1.29, 1.82) is 0 Å². The number of rotatable bonds is 1. The third kappa shape index (κ3) is 1.27. The van der Waals surface area contributed by atoms with Crippen LogP contribution in [0.3, 0.4) is 0 Å². The molecule has 0 saturated heterocycles. The van der Waals surface area contributed by atoms with Crippen LogP contribution in [0, 0.1) is 17.0 Å². The first-order valence-corrected chi connectivity index (χ1v) is 4.67. The molecule has 2 rings (SSSR count). The Kier molecular flexibility index (Phi) is 1.99. The first-order chi connectivity index (χ1) is 6.59. The highest BCUT2D eigenvalue weighted by Gasteiger charge is 2.18. The Morgan fingerprint density at radius 3 is 2.93 bits per heavy atom. The summed E-state index contributed by atoms with van der Waals surface area (Å²) >= 11 is 3.29. The molecule has 0 bridgehead atoms. The van der Waals surface area contributed by atoms with E-state index in [2.05, 4.69) is 20.9 Å². The molecule has 2 aromatic rings. The fraction of sp³-hybridized carbons (Fsp3) is 0.125. The average molecular weight is 256 g/mol. The monoisotopic (exact) mass is 255 g/mol. The van der Waals surface area contributed by atoms with Gasteiger partial charge in [0.05, 0.1) is 0 Å². The van der Waals surface area contributed by atoms with Crippen molar-refractivity contribution >= 4 is 27.3 Å². The van der Waals surface area contributed by atoms with E-state index in [1.165, 1.54) is 0 Å². The third-order valence-electron chi connectivity index (χ3n) is 1.93. The second-order valence-corrected chi connectivity index (χ2v) is 3.76. The lowest BCUT2D eigenvalue weighted by atomic mass is 10.4. The lowest BCUT2D eigenvalue weighted by Gasteiger charge is -1.94. The summed E-state index contributed by atoms with van der Waals surface area (Å²) in [5, 5.41) is 10.6. The molecule has 72 valence electrons. The van der Waals surface area contributed by atoms with Crippen molar-refractivity contribution in [2.24, 2.45) is 0 Å². The predicted octanol–water partition coefficient (Wildman–Crippen LogP) is 2.31. The maximum atomic E-state index is 10.6. The molecule has 0 aromatic carbocycles. The zero-order valence-corrected chi connectivity index (χ0v) is 8.85. The standard InChI is InChI=1S/C8H6BrN3O2/c1-5-10-8(12(13)14)7-3-2-6(9)4-11(5)7/h2-4H,1H3. The summed E-state index contributed by atoms with van der Waals surface area (Å²) in [5.74, 6) is 0.503. The van der Waals surface area contributed by atoms with Gasteiger partial charge < -0.3 is 10.1 Å². The zero-order chi connectivity index (χ0) is 10.3. The van der Waals surface area contributed by atoms with Gasteiger partial charge in [-0.15, -0.1) is 0 Å². The molecule has 2 heterocycles. The van der Waals surface area contributed by atoms with E-state index in [-0.39, 0.29) is 5.82 Å². The molecule has 0 aliphatic heterocycles. The van der Waals surface area contributed by atoms with Gasteiger partial charge in [-0.25, -0.2) is 0 Å². The van der Waals surface area contributed by atoms with Crippen LogP contribution in [0.1, 0.15) is 5.82 Å². The van der Waals surface area contributed by atoms with E-state index in [1.54, 1.807) is 29.7 Å². The van der Waals surface area contributed by atoms with E-state index in [9.17, 15) is 10.1 Å². The number of aryl methyl sites for hydroxylation is 1. The molecule has 0 fully saturated rings. The van der Waals surface area contributed by atoms with Crippen molar-refractivity contribution < 1.29 is 4.92 Å². The summed E-state index contributed by atoms with van der Waals surface area (Å²) in [6, 6.07) is 3.42. The van der Waals surface area contributed by atoms with Gasteiger partial charge >= 0.3 is 5.82 Å². The minimum atomic E-state index is -0.476. The predicted molar refractivity (Wildman–Crippen MR) is 54.3 cm³/mol. The summed E-state index contributed by atoms with van der Waals surface area (Å²) in [4.78, 5) is 14.0. The lowest BCUT2D eigenvalue weighted by molar-refractivity contribution is -0.387. The quantitative estimate of drug-likeness (QED) is 0.581. The molecule has 14 heavy (non-hydrogen) atoms. The molecular weight excluding hydrogens is 250 g/mol. The minimum absolute atomic E-state index is 0.102. The van der Waals surface area contributed by atoms with Crippen molar-refractivity contribution in [3.05, 3.63) is 38.7 Å². The highest BCUT2D eigenvalue weighted by molar-refractivity contribution is 9.10. The average Bonchev–Trinajstić information content (AvgIpc) is 2.44. The summed E-state index contributed by atoms with van der Waals surface area (Å²) in [6.07, 6.45) is 1.75. The molecule has 5 nitrogen and oxygen atoms in total. The topological polar surface area (TPSA) is 60.4 Å². The molecule has 0 spiro atoms. The molecule has 0 saturated carbocycles. The maximum absolute atomic E-state index is 10.6. The lowest BCUT2D eigenvalue weighted by Crippen LogP contribution is -1.88. The second kappa shape index (κ2) is 3.06. The molecule has 0 aliphatic rings. The van der Waals surface area contributed by atoms with Crippen molar-refractivity contribution in [2.75, 3.05) is 0 Å². The van der Waals surface area contributed by atoms with Crippen molar-refractivity contribution in [2.45, 2.75) is 6.92 Å². The number of aromatic nitrogens is 2.